The molecular weight excluding hydrogens is 256 g/mol. The van der Waals surface area contributed by atoms with Crippen molar-refractivity contribution in [1.82, 2.24) is 10.6 Å². The summed E-state index contributed by atoms with van der Waals surface area (Å²) < 4.78 is 5.23. The largest absolute Gasteiger partial charge is 0.444 e. The number of carbonyl (C=O) groups is 1. The van der Waals surface area contributed by atoms with Gasteiger partial charge in [0, 0.05) is 12.1 Å². The molecule has 2 saturated carbocycles. The number of hydrogen-bond donors (Lipinski definition) is 3. The average molecular weight is 284 g/mol. The van der Waals surface area contributed by atoms with Crippen LogP contribution in [0.3, 0.4) is 0 Å². The number of nitrogens with one attached hydrogen (secondary N) is 2. The highest BCUT2D eigenvalue weighted by atomic mass is 16.6. The lowest BCUT2D eigenvalue weighted by molar-refractivity contribution is 0.0464. The fourth-order valence-electron chi connectivity index (χ4n) is 2.94. The Bertz CT molecular complexity index is 335. The van der Waals surface area contributed by atoms with Gasteiger partial charge in [0.1, 0.15) is 5.60 Å². The van der Waals surface area contributed by atoms with Crippen LogP contribution in [-0.4, -0.2) is 41.5 Å². The van der Waals surface area contributed by atoms with E-state index in [0.717, 1.165) is 38.6 Å². The van der Waals surface area contributed by atoms with Gasteiger partial charge in [-0.15, -0.1) is 0 Å². The number of rotatable bonds is 4. The van der Waals surface area contributed by atoms with Crippen LogP contribution < -0.4 is 10.6 Å². The molecule has 0 radical (unpaired) electrons. The Morgan fingerprint density at radius 1 is 1.20 bits per heavy atom. The van der Waals surface area contributed by atoms with E-state index < -0.39 is 5.60 Å². The Morgan fingerprint density at radius 2 is 1.90 bits per heavy atom. The second kappa shape index (κ2) is 6.31. The molecule has 0 aromatic heterocycles. The van der Waals surface area contributed by atoms with Gasteiger partial charge in [0.25, 0.3) is 0 Å². The Balaban J connectivity index is 1.55. The van der Waals surface area contributed by atoms with E-state index in [1.807, 2.05) is 20.8 Å². The highest BCUT2D eigenvalue weighted by molar-refractivity contribution is 5.68. The average Bonchev–Trinajstić information content (AvgIpc) is 2.64. The zero-order valence-corrected chi connectivity index (χ0v) is 12.8. The Kier molecular flexibility index (Phi) is 4.91. The smallest absolute Gasteiger partial charge is 0.407 e. The van der Waals surface area contributed by atoms with Crippen molar-refractivity contribution >= 4 is 6.09 Å². The van der Waals surface area contributed by atoms with E-state index in [9.17, 15) is 9.90 Å². The van der Waals surface area contributed by atoms with Gasteiger partial charge in [0.15, 0.2) is 0 Å². The summed E-state index contributed by atoms with van der Waals surface area (Å²) in [5, 5.41) is 15.9. The highest BCUT2D eigenvalue weighted by Gasteiger charge is 2.32. The Labute approximate surface area is 121 Å². The third-order valence-corrected chi connectivity index (χ3v) is 4.07. The molecule has 2 atom stereocenters. The maximum Gasteiger partial charge on any atom is 0.407 e. The molecule has 0 spiro atoms. The van der Waals surface area contributed by atoms with Crippen molar-refractivity contribution in [3.05, 3.63) is 0 Å². The Morgan fingerprint density at radius 3 is 2.45 bits per heavy atom. The molecule has 2 rings (SSSR count). The molecule has 5 nitrogen and oxygen atoms in total. The van der Waals surface area contributed by atoms with Gasteiger partial charge in [-0.2, -0.15) is 0 Å². The predicted octanol–water partition coefficient (Wildman–Crippen LogP) is 1.79. The van der Waals surface area contributed by atoms with Crippen molar-refractivity contribution in [3.63, 3.8) is 0 Å². The van der Waals surface area contributed by atoms with E-state index in [-0.39, 0.29) is 18.2 Å². The second-order valence-corrected chi connectivity index (χ2v) is 7.25. The minimum atomic E-state index is -0.436. The van der Waals surface area contributed by atoms with Gasteiger partial charge in [-0.3, -0.25) is 0 Å². The molecule has 0 aromatic carbocycles. The Hall–Kier alpha value is -0.810. The summed E-state index contributed by atoms with van der Waals surface area (Å²) in [6.07, 6.45) is 4.52. The van der Waals surface area contributed by atoms with Gasteiger partial charge in [-0.25, -0.2) is 4.79 Å². The van der Waals surface area contributed by atoms with Crippen LogP contribution in [0.2, 0.25) is 0 Å². The summed E-state index contributed by atoms with van der Waals surface area (Å²) in [6.45, 7) is 6.59. The quantitative estimate of drug-likeness (QED) is 0.736. The lowest BCUT2D eigenvalue weighted by Gasteiger charge is -2.37. The van der Waals surface area contributed by atoms with Crippen LogP contribution in [0.15, 0.2) is 0 Å². The summed E-state index contributed by atoms with van der Waals surface area (Å²) in [5.74, 6) is 0.614. The van der Waals surface area contributed by atoms with Gasteiger partial charge >= 0.3 is 6.09 Å². The molecule has 0 aliphatic heterocycles. The summed E-state index contributed by atoms with van der Waals surface area (Å²) >= 11 is 0. The SMILES string of the molecule is CC(C)(C)OC(=O)NC1CC(NCC2CCC(O)C2)C1. The lowest BCUT2D eigenvalue weighted by Crippen LogP contribution is -2.53. The minimum Gasteiger partial charge on any atom is -0.444 e. The van der Waals surface area contributed by atoms with Crippen LogP contribution in [0.4, 0.5) is 4.79 Å². The first-order valence-corrected chi connectivity index (χ1v) is 7.73. The summed E-state index contributed by atoms with van der Waals surface area (Å²) in [6, 6.07) is 0.726. The molecule has 2 aliphatic rings. The topological polar surface area (TPSA) is 70.6 Å². The molecule has 2 unspecified atom stereocenters. The number of hydrogen-bond acceptors (Lipinski definition) is 4. The first-order chi connectivity index (χ1) is 9.32. The first-order valence-electron chi connectivity index (χ1n) is 7.73. The molecule has 116 valence electrons. The first kappa shape index (κ1) is 15.6. The van der Waals surface area contributed by atoms with E-state index in [1.165, 1.54) is 0 Å². The lowest BCUT2D eigenvalue weighted by atomic mass is 9.86. The third-order valence-electron chi connectivity index (χ3n) is 4.07. The third kappa shape index (κ3) is 4.94. The molecular formula is C15H28N2O3. The number of alkyl carbamates (subject to hydrolysis) is 1. The maximum absolute atomic E-state index is 11.6. The van der Waals surface area contributed by atoms with Crippen molar-refractivity contribution in [2.75, 3.05) is 6.54 Å². The van der Waals surface area contributed by atoms with Gasteiger partial charge < -0.3 is 20.5 Å². The molecule has 1 amide bonds. The predicted molar refractivity (Wildman–Crippen MR) is 77.5 cm³/mol. The highest BCUT2D eigenvalue weighted by Crippen LogP contribution is 2.26. The zero-order chi connectivity index (χ0) is 14.8. The van der Waals surface area contributed by atoms with Crippen LogP contribution in [0.1, 0.15) is 52.9 Å². The number of amides is 1. The summed E-state index contributed by atoms with van der Waals surface area (Å²) in [5.41, 5.74) is -0.436. The molecule has 5 heteroatoms. The molecule has 0 heterocycles. The monoisotopic (exact) mass is 284 g/mol. The van der Waals surface area contributed by atoms with Crippen LogP contribution in [0.5, 0.6) is 0 Å². The van der Waals surface area contributed by atoms with E-state index >= 15 is 0 Å². The zero-order valence-electron chi connectivity index (χ0n) is 12.8. The van der Waals surface area contributed by atoms with Gasteiger partial charge in [0.05, 0.1) is 6.10 Å². The number of aliphatic hydroxyl groups excluding tert-OH is 1. The fraction of sp³-hybridized carbons (Fsp3) is 0.933. The van der Waals surface area contributed by atoms with Crippen LogP contribution in [0.25, 0.3) is 0 Å². The number of aliphatic hydroxyl groups is 1. The van der Waals surface area contributed by atoms with Crippen molar-refractivity contribution in [2.45, 2.75) is 76.7 Å². The number of carbonyl (C=O) groups excluding carboxylic acids is 1. The molecule has 3 N–H and O–H groups in total. The fourth-order valence-corrected chi connectivity index (χ4v) is 2.94. The van der Waals surface area contributed by atoms with Crippen LogP contribution in [0, 0.1) is 5.92 Å². The van der Waals surface area contributed by atoms with Gasteiger partial charge in [-0.05, 0) is 65.3 Å². The van der Waals surface area contributed by atoms with Crippen LogP contribution in [-0.2, 0) is 4.74 Å². The molecule has 0 bridgehead atoms. The van der Waals surface area contributed by atoms with Crippen molar-refractivity contribution < 1.29 is 14.6 Å². The van der Waals surface area contributed by atoms with Gasteiger partial charge in [0.2, 0.25) is 0 Å². The van der Waals surface area contributed by atoms with Crippen molar-refractivity contribution in [2.24, 2.45) is 5.92 Å². The molecule has 20 heavy (non-hydrogen) atoms. The van der Waals surface area contributed by atoms with Crippen molar-refractivity contribution in [3.8, 4) is 0 Å². The number of ether oxygens (including phenoxy) is 1. The van der Waals surface area contributed by atoms with Crippen molar-refractivity contribution in [1.29, 1.82) is 0 Å². The maximum atomic E-state index is 11.6. The normalized spacial score (nSPS) is 33.6. The van der Waals surface area contributed by atoms with Crippen LogP contribution >= 0.6 is 0 Å². The van der Waals surface area contributed by atoms with E-state index in [0.29, 0.717) is 12.0 Å². The minimum absolute atomic E-state index is 0.0928. The molecule has 2 fully saturated rings. The molecule has 2 aliphatic carbocycles. The summed E-state index contributed by atoms with van der Waals surface area (Å²) in [4.78, 5) is 11.6. The van der Waals surface area contributed by atoms with E-state index in [1.54, 1.807) is 0 Å². The summed E-state index contributed by atoms with van der Waals surface area (Å²) in [7, 11) is 0. The molecule has 0 aromatic rings. The van der Waals surface area contributed by atoms with Gasteiger partial charge in [-0.1, -0.05) is 0 Å². The molecule has 0 saturated heterocycles. The van der Waals surface area contributed by atoms with E-state index in [2.05, 4.69) is 10.6 Å². The standard InChI is InChI=1S/C15H28N2O3/c1-15(2,3)20-14(19)17-12-7-11(8-12)16-9-10-4-5-13(18)6-10/h10-13,16,18H,4-9H2,1-3H3,(H,17,19). The van der Waals surface area contributed by atoms with E-state index in [4.69, 9.17) is 4.74 Å². The second-order valence-electron chi connectivity index (χ2n) is 7.25.